The van der Waals surface area contributed by atoms with E-state index in [-0.39, 0.29) is 0 Å². The first-order valence-corrected chi connectivity index (χ1v) is 8.91. The number of aryl methyl sites for hydroxylation is 1. The van der Waals surface area contributed by atoms with Gasteiger partial charge in [0, 0.05) is 23.7 Å². The molecular formula is C20H18N4O3. The summed E-state index contributed by atoms with van der Waals surface area (Å²) in [5, 5.41) is 11.7. The third-order valence-corrected chi connectivity index (χ3v) is 5.09. The van der Waals surface area contributed by atoms with E-state index in [0.717, 1.165) is 29.4 Å². The molecule has 0 spiro atoms. The Bertz CT molecular complexity index is 1150. The number of aromatic amines is 1. The Hall–Kier alpha value is -3.19. The number of ether oxygens (including phenoxy) is 2. The molecule has 3 heterocycles. The minimum Gasteiger partial charge on any atom is -0.420 e. The van der Waals surface area contributed by atoms with E-state index in [1.165, 1.54) is 5.56 Å². The SMILES string of the molecule is Cc1cn(C2CCOC2)c2cc(C(=O)Oc3cccc4[nH]nnc34)ccc12. The molecule has 1 aliphatic rings. The van der Waals surface area contributed by atoms with Crippen LogP contribution in [-0.4, -0.2) is 39.2 Å². The maximum absolute atomic E-state index is 12.7. The minimum atomic E-state index is -0.416. The van der Waals surface area contributed by atoms with Crippen molar-refractivity contribution in [2.75, 3.05) is 13.2 Å². The molecule has 1 aliphatic heterocycles. The standard InChI is InChI=1S/C20H18N4O3/c1-12-10-24(14-7-8-26-11-14)17-9-13(5-6-15(12)17)20(25)27-18-4-2-3-16-19(18)22-23-21-16/h2-6,9-10,14H,7-8,11H2,1H3,(H,21,22,23). The molecule has 5 rings (SSSR count). The van der Waals surface area contributed by atoms with Gasteiger partial charge in [0.05, 0.1) is 23.7 Å². The van der Waals surface area contributed by atoms with Crippen LogP contribution in [0.25, 0.3) is 21.9 Å². The fourth-order valence-electron chi connectivity index (χ4n) is 3.68. The summed E-state index contributed by atoms with van der Waals surface area (Å²) < 4.78 is 13.3. The fourth-order valence-corrected chi connectivity index (χ4v) is 3.68. The van der Waals surface area contributed by atoms with E-state index in [1.807, 2.05) is 18.2 Å². The summed E-state index contributed by atoms with van der Waals surface area (Å²) in [6.45, 7) is 3.55. The number of carbonyl (C=O) groups is 1. The number of nitrogens with zero attached hydrogens (tertiary/aromatic N) is 3. The van der Waals surface area contributed by atoms with Gasteiger partial charge in [-0.15, -0.1) is 5.10 Å². The number of hydrogen-bond acceptors (Lipinski definition) is 5. The van der Waals surface area contributed by atoms with Crippen LogP contribution < -0.4 is 4.74 Å². The number of esters is 1. The first kappa shape index (κ1) is 16.0. The highest BCUT2D eigenvalue weighted by Crippen LogP contribution is 2.30. The van der Waals surface area contributed by atoms with Gasteiger partial charge >= 0.3 is 5.97 Å². The summed E-state index contributed by atoms with van der Waals surface area (Å²) >= 11 is 0. The number of hydrogen-bond donors (Lipinski definition) is 1. The molecule has 2 aromatic heterocycles. The molecule has 1 unspecified atom stereocenters. The molecular weight excluding hydrogens is 344 g/mol. The van der Waals surface area contributed by atoms with Crippen molar-refractivity contribution < 1.29 is 14.3 Å². The van der Waals surface area contributed by atoms with Gasteiger partial charge in [0.1, 0.15) is 0 Å². The maximum Gasteiger partial charge on any atom is 0.343 e. The van der Waals surface area contributed by atoms with E-state index in [9.17, 15) is 4.79 Å². The van der Waals surface area contributed by atoms with Crippen molar-refractivity contribution in [1.82, 2.24) is 20.0 Å². The van der Waals surface area contributed by atoms with Gasteiger partial charge < -0.3 is 14.0 Å². The highest BCUT2D eigenvalue weighted by molar-refractivity contribution is 5.97. The predicted octanol–water partition coefficient (Wildman–Crippen LogP) is 3.40. The number of fused-ring (bicyclic) bond motifs is 2. The number of benzene rings is 2. The van der Waals surface area contributed by atoms with Gasteiger partial charge in [-0.2, -0.15) is 0 Å². The van der Waals surface area contributed by atoms with Crippen LogP contribution in [0.5, 0.6) is 5.75 Å². The topological polar surface area (TPSA) is 82.0 Å². The molecule has 27 heavy (non-hydrogen) atoms. The number of rotatable bonds is 3. The predicted molar refractivity (Wildman–Crippen MR) is 100.0 cm³/mol. The van der Waals surface area contributed by atoms with Crippen LogP contribution in [0.3, 0.4) is 0 Å². The van der Waals surface area contributed by atoms with Crippen LogP contribution in [0.15, 0.2) is 42.6 Å². The molecule has 2 aromatic carbocycles. The normalized spacial score (nSPS) is 17.0. The van der Waals surface area contributed by atoms with Crippen molar-refractivity contribution >= 4 is 27.9 Å². The number of nitrogens with one attached hydrogen (secondary N) is 1. The summed E-state index contributed by atoms with van der Waals surface area (Å²) in [5.74, 6) is -0.0254. The average Bonchev–Trinajstić information content (AvgIpc) is 3.41. The minimum absolute atomic E-state index is 0.302. The Morgan fingerprint density at radius 2 is 2.26 bits per heavy atom. The summed E-state index contributed by atoms with van der Waals surface area (Å²) in [5.41, 5.74) is 3.97. The highest BCUT2D eigenvalue weighted by atomic mass is 16.5. The van der Waals surface area contributed by atoms with Gasteiger partial charge in [-0.3, -0.25) is 5.10 Å². The van der Waals surface area contributed by atoms with Crippen molar-refractivity contribution in [3.05, 3.63) is 53.7 Å². The number of carbonyl (C=O) groups excluding carboxylic acids is 1. The summed E-state index contributed by atoms with van der Waals surface area (Å²) in [6, 6.07) is 11.3. The quantitative estimate of drug-likeness (QED) is 0.446. The van der Waals surface area contributed by atoms with Crippen molar-refractivity contribution in [2.45, 2.75) is 19.4 Å². The summed E-state index contributed by atoms with van der Waals surface area (Å²) in [7, 11) is 0. The zero-order chi connectivity index (χ0) is 18.4. The van der Waals surface area contributed by atoms with E-state index in [4.69, 9.17) is 9.47 Å². The molecule has 0 saturated carbocycles. The van der Waals surface area contributed by atoms with Gasteiger partial charge in [-0.05, 0) is 43.2 Å². The van der Waals surface area contributed by atoms with E-state index in [0.29, 0.717) is 29.5 Å². The lowest BCUT2D eigenvalue weighted by molar-refractivity contribution is 0.0737. The molecule has 1 fully saturated rings. The molecule has 7 heteroatoms. The molecule has 0 radical (unpaired) electrons. The largest absolute Gasteiger partial charge is 0.420 e. The molecule has 7 nitrogen and oxygen atoms in total. The summed E-state index contributed by atoms with van der Waals surface area (Å²) in [6.07, 6.45) is 3.11. The molecule has 0 bridgehead atoms. The van der Waals surface area contributed by atoms with E-state index in [1.54, 1.807) is 18.2 Å². The van der Waals surface area contributed by atoms with Crippen LogP contribution in [0, 0.1) is 6.92 Å². The highest BCUT2D eigenvalue weighted by Gasteiger charge is 2.21. The maximum atomic E-state index is 12.7. The molecule has 0 aliphatic carbocycles. The van der Waals surface area contributed by atoms with Gasteiger partial charge in [0.25, 0.3) is 0 Å². The Labute approximate surface area is 154 Å². The Kier molecular flexibility index (Phi) is 3.68. The lowest BCUT2D eigenvalue weighted by Crippen LogP contribution is -2.10. The zero-order valence-corrected chi connectivity index (χ0v) is 14.8. The van der Waals surface area contributed by atoms with E-state index >= 15 is 0 Å². The van der Waals surface area contributed by atoms with Crippen LogP contribution in [-0.2, 0) is 4.74 Å². The monoisotopic (exact) mass is 362 g/mol. The zero-order valence-electron chi connectivity index (χ0n) is 14.8. The van der Waals surface area contributed by atoms with Crippen molar-refractivity contribution in [1.29, 1.82) is 0 Å². The van der Waals surface area contributed by atoms with Crippen molar-refractivity contribution in [2.24, 2.45) is 0 Å². The van der Waals surface area contributed by atoms with Gasteiger partial charge in [0.15, 0.2) is 11.3 Å². The lowest BCUT2D eigenvalue weighted by atomic mass is 10.1. The Balaban J connectivity index is 1.51. The third-order valence-electron chi connectivity index (χ3n) is 5.09. The molecule has 1 saturated heterocycles. The third kappa shape index (κ3) is 2.67. The molecule has 1 atom stereocenters. The number of aromatic nitrogens is 4. The first-order chi connectivity index (χ1) is 13.2. The average molecular weight is 362 g/mol. The van der Waals surface area contributed by atoms with Gasteiger partial charge in [-0.1, -0.05) is 17.3 Å². The lowest BCUT2D eigenvalue weighted by Gasteiger charge is -2.12. The molecule has 0 amide bonds. The van der Waals surface area contributed by atoms with E-state index in [2.05, 4.69) is 33.1 Å². The van der Waals surface area contributed by atoms with Crippen LogP contribution in [0.1, 0.15) is 28.4 Å². The molecule has 136 valence electrons. The number of H-pyrrole nitrogens is 1. The Morgan fingerprint density at radius 3 is 3.11 bits per heavy atom. The van der Waals surface area contributed by atoms with Crippen LogP contribution in [0.2, 0.25) is 0 Å². The second-order valence-corrected chi connectivity index (χ2v) is 6.82. The second-order valence-electron chi connectivity index (χ2n) is 6.82. The fraction of sp³-hybridized carbons (Fsp3) is 0.250. The molecule has 1 N–H and O–H groups in total. The smallest absolute Gasteiger partial charge is 0.343 e. The van der Waals surface area contributed by atoms with Crippen LogP contribution >= 0.6 is 0 Å². The summed E-state index contributed by atoms with van der Waals surface area (Å²) in [4.78, 5) is 12.7. The van der Waals surface area contributed by atoms with E-state index < -0.39 is 5.97 Å². The van der Waals surface area contributed by atoms with Crippen LogP contribution in [0.4, 0.5) is 0 Å². The van der Waals surface area contributed by atoms with Gasteiger partial charge in [0.2, 0.25) is 0 Å². The Morgan fingerprint density at radius 1 is 1.33 bits per heavy atom. The van der Waals surface area contributed by atoms with Gasteiger partial charge in [-0.25, -0.2) is 4.79 Å². The first-order valence-electron chi connectivity index (χ1n) is 8.91. The second kappa shape index (κ2) is 6.21. The van der Waals surface area contributed by atoms with Crippen molar-refractivity contribution in [3.63, 3.8) is 0 Å². The van der Waals surface area contributed by atoms with Crippen molar-refractivity contribution in [3.8, 4) is 5.75 Å². The molecule has 4 aromatic rings.